The Morgan fingerprint density at radius 3 is 2.55 bits per heavy atom. The van der Waals surface area contributed by atoms with Gasteiger partial charge in [-0.05, 0) is 18.6 Å². The van der Waals surface area contributed by atoms with Gasteiger partial charge < -0.3 is 10.2 Å². The maximum absolute atomic E-state index is 12.5. The van der Waals surface area contributed by atoms with Gasteiger partial charge in [-0.3, -0.25) is 14.5 Å². The maximum atomic E-state index is 12.5. The van der Waals surface area contributed by atoms with Crippen LogP contribution in [0.5, 0.6) is 5.88 Å². The van der Waals surface area contributed by atoms with Crippen molar-refractivity contribution in [3.63, 3.8) is 0 Å². The number of aromatic nitrogens is 3. The number of rotatable bonds is 6. The van der Waals surface area contributed by atoms with Crippen LogP contribution in [0.15, 0.2) is 70.9 Å². The fourth-order valence-electron chi connectivity index (χ4n) is 3.45. The highest BCUT2D eigenvalue weighted by molar-refractivity contribution is 5.97. The Labute approximate surface area is 176 Å². The molecular weight excluding hydrogens is 398 g/mol. The summed E-state index contributed by atoms with van der Waals surface area (Å²) >= 11 is 0. The summed E-state index contributed by atoms with van der Waals surface area (Å²) in [5.41, 5.74) is 2.10. The lowest BCUT2D eigenvalue weighted by atomic mass is 10.1. The van der Waals surface area contributed by atoms with E-state index in [1.165, 1.54) is 4.57 Å². The van der Waals surface area contributed by atoms with Crippen LogP contribution in [-0.2, 0) is 4.79 Å². The third kappa shape index (κ3) is 3.68. The quantitative estimate of drug-likeness (QED) is 0.391. The number of azo groups is 1. The van der Waals surface area contributed by atoms with Crippen LogP contribution in [0.1, 0.15) is 29.9 Å². The molecule has 2 aromatic carbocycles. The fourth-order valence-corrected chi connectivity index (χ4v) is 3.45. The molecular formula is C22H19N5O4. The van der Waals surface area contributed by atoms with Crippen molar-refractivity contribution < 1.29 is 19.8 Å². The highest BCUT2D eigenvalue weighted by atomic mass is 16.4. The number of aromatic amines is 1. The van der Waals surface area contributed by atoms with Gasteiger partial charge in [0.1, 0.15) is 11.7 Å². The van der Waals surface area contributed by atoms with E-state index < -0.39 is 17.9 Å². The summed E-state index contributed by atoms with van der Waals surface area (Å²) in [7, 11) is 0. The van der Waals surface area contributed by atoms with Gasteiger partial charge in [0.25, 0.3) is 0 Å². The minimum atomic E-state index is -1.08. The number of hydrogen-bond donors (Lipinski definition) is 3. The molecule has 0 aliphatic carbocycles. The Hall–Kier alpha value is -4.27. The summed E-state index contributed by atoms with van der Waals surface area (Å²) in [6.45, 7) is 1.71. The molecule has 1 atom stereocenters. The highest BCUT2D eigenvalue weighted by Crippen LogP contribution is 2.41. The number of carboxylic acid groups (broad SMARTS) is 1. The predicted molar refractivity (Wildman–Crippen MR) is 113 cm³/mol. The zero-order chi connectivity index (χ0) is 22.0. The van der Waals surface area contributed by atoms with E-state index in [9.17, 15) is 19.8 Å². The second kappa shape index (κ2) is 8.23. The topological polar surface area (TPSA) is 133 Å². The first kappa shape index (κ1) is 20.0. The zero-order valence-corrected chi connectivity index (χ0v) is 16.6. The Morgan fingerprint density at radius 1 is 1.13 bits per heavy atom. The molecule has 0 radical (unpaired) electrons. The molecule has 31 heavy (non-hydrogen) atoms. The Morgan fingerprint density at radius 2 is 1.84 bits per heavy atom. The molecule has 0 saturated heterocycles. The van der Waals surface area contributed by atoms with E-state index in [4.69, 9.17) is 0 Å². The van der Waals surface area contributed by atoms with Crippen LogP contribution in [0.25, 0.3) is 22.2 Å². The molecule has 0 saturated carbocycles. The number of aromatic hydroxyl groups is 1. The Kier molecular flexibility index (Phi) is 5.31. The predicted octanol–water partition coefficient (Wildman–Crippen LogP) is 4.70. The normalized spacial score (nSPS) is 12.4. The van der Waals surface area contributed by atoms with E-state index in [1.807, 2.05) is 30.3 Å². The molecule has 0 fully saturated rings. The number of hydrogen-bond acceptors (Lipinski definition) is 5. The number of carbonyl (C=O) groups excluding carboxylic acids is 1. The van der Waals surface area contributed by atoms with Crippen molar-refractivity contribution in [1.82, 2.24) is 14.8 Å². The highest BCUT2D eigenvalue weighted by Gasteiger charge is 2.26. The number of nitrogens with one attached hydrogen (secondary N) is 1. The van der Waals surface area contributed by atoms with Crippen LogP contribution >= 0.6 is 0 Å². The molecule has 4 rings (SSSR count). The van der Waals surface area contributed by atoms with Crippen molar-refractivity contribution in [2.24, 2.45) is 10.2 Å². The second-order valence-electron chi connectivity index (χ2n) is 6.86. The van der Waals surface area contributed by atoms with E-state index in [0.717, 1.165) is 5.56 Å². The summed E-state index contributed by atoms with van der Waals surface area (Å²) < 4.78 is 1.29. The number of para-hydroxylation sites is 1. The molecule has 0 aliphatic heterocycles. The lowest BCUT2D eigenvalue weighted by Crippen LogP contribution is -2.17. The maximum Gasteiger partial charge on any atom is 0.326 e. The van der Waals surface area contributed by atoms with Crippen LogP contribution in [0.3, 0.4) is 0 Å². The van der Waals surface area contributed by atoms with Gasteiger partial charge in [0.15, 0.2) is 5.69 Å². The minimum absolute atomic E-state index is 0.0337. The SMILES string of the molecule is CCC(C(=O)O)n1c(O)c(N=NC(=O)c2cc(-c3ccccc3)n[nH]2)c2ccccc21. The van der Waals surface area contributed by atoms with Gasteiger partial charge in [-0.15, -0.1) is 10.2 Å². The molecule has 4 aromatic rings. The van der Waals surface area contributed by atoms with Crippen LogP contribution in [0.2, 0.25) is 0 Å². The monoisotopic (exact) mass is 417 g/mol. The van der Waals surface area contributed by atoms with Crippen LogP contribution in [0.4, 0.5) is 5.69 Å². The number of nitrogens with zero attached hydrogens (tertiary/aromatic N) is 4. The smallest absolute Gasteiger partial charge is 0.326 e. The molecule has 3 N–H and O–H groups in total. The molecule has 0 spiro atoms. The minimum Gasteiger partial charge on any atom is -0.493 e. The summed E-state index contributed by atoms with van der Waals surface area (Å²) in [6.07, 6.45) is 0.257. The molecule has 156 valence electrons. The lowest BCUT2D eigenvalue weighted by molar-refractivity contribution is -0.141. The Balaban J connectivity index is 1.69. The second-order valence-corrected chi connectivity index (χ2v) is 6.86. The lowest BCUT2D eigenvalue weighted by Gasteiger charge is -2.14. The fraction of sp³-hybridized carbons (Fsp3) is 0.136. The summed E-state index contributed by atoms with van der Waals surface area (Å²) in [5.74, 6) is -2.11. The molecule has 1 amide bonds. The molecule has 9 nitrogen and oxygen atoms in total. The third-order valence-corrected chi connectivity index (χ3v) is 4.96. The van der Waals surface area contributed by atoms with Crippen molar-refractivity contribution in [3.8, 4) is 17.1 Å². The van der Waals surface area contributed by atoms with Crippen LogP contribution in [-0.4, -0.2) is 36.9 Å². The van der Waals surface area contributed by atoms with E-state index >= 15 is 0 Å². The average Bonchev–Trinajstić information content (AvgIpc) is 3.37. The van der Waals surface area contributed by atoms with Crippen molar-refractivity contribution >= 4 is 28.5 Å². The Bertz CT molecular complexity index is 1290. The molecule has 0 aliphatic rings. The van der Waals surface area contributed by atoms with Gasteiger partial charge in [0, 0.05) is 10.9 Å². The van der Waals surface area contributed by atoms with E-state index in [1.54, 1.807) is 37.3 Å². The van der Waals surface area contributed by atoms with Gasteiger partial charge in [-0.1, -0.05) is 55.5 Å². The molecule has 0 bridgehead atoms. The first-order valence-corrected chi connectivity index (χ1v) is 9.62. The van der Waals surface area contributed by atoms with Crippen molar-refractivity contribution in [1.29, 1.82) is 0 Å². The number of aliphatic carboxylic acids is 1. The number of benzene rings is 2. The molecule has 2 heterocycles. The first-order valence-electron chi connectivity index (χ1n) is 9.62. The largest absolute Gasteiger partial charge is 0.493 e. The van der Waals surface area contributed by atoms with Gasteiger partial charge in [0.2, 0.25) is 5.88 Å². The van der Waals surface area contributed by atoms with Crippen molar-refractivity contribution in [3.05, 3.63) is 66.4 Å². The number of amides is 1. The van der Waals surface area contributed by atoms with E-state index in [-0.39, 0.29) is 23.7 Å². The van der Waals surface area contributed by atoms with E-state index in [0.29, 0.717) is 16.6 Å². The summed E-state index contributed by atoms with van der Waals surface area (Å²) in [5, 5.41) is 35.2. The number of fused-ring (bicyclic) bond motifs is 1. The summed E-state index contributed by atoms with van der Waals surface area (Å²) in [6, 6.07) is 16.8. The van der Waals surface area contributed by atoms with Crippen molar-refractivity contribution in [2.45, 2.75) is 19.4 Å². The first-order chi connectivity index (χ1) is 15.0. The van der Waals surface area contributed by atoms with Crippen LogP contribution in [0, 0.1) is 0 Å². The molecule has 9 heteroatoms. The van der Waals surface area contributed by atoms with Gasteiger partial charge in [-0.25, -0.2) is 4.79 Å². The molecule has 2 aromatic heterocycles. The third-order valence-electron chi connectivity index (χ3n) is 4.96. The van der Waals surface area contributed by atoms with Gasteiger partial charge in [0.05, 0.1) is 11.2 Å². The van der Waals surface area contributed by atoms with Gasteiger partial charge in [-0.2, -0.15) is 5.10 Å². The summed E-state index contributed by atoms with van der Waals surface area (Å²) in [4.78, 5) is 24.2. The number of carboxylic acids is 1. The van der Waals surface area contributed by atoms with Crippen LogP contribution < -0.4 is 0 Å². The van der Waals surface area contributed by atoms with E-state index in [2.05, 4.69) is 20.4 Å². The zero-order valence-electron chi connectivity index (χ0n) is 16.6. The average molecular weight is 417 g/mol. The van der Waals surface area contributed by atoms with Crippen molar-refractivity contribution in [2.75, 3.05) is 0 Å². The van der Waals surface area contributed by atoms with Gasteiger partial charge >= 0.3 is 11.9 Å². The standard InChI is InChI=1S/C22H19N5O4/c1-2-17(22(30)31)27-18-11-7-6-10-14(18)19(21(27)29)25-26-20(28)16-12-15(23-24-16)13-8-4-3-5-9-13/h3-12,17,29H,2H2,1H3,(H,23,24)(H,30,31). The number of carbonyl (C=O) groups is 2. The number of H-pyrrole nitrogens is 1. The molecule has 1 unspecified atom stereocenters.